The minimum atomic E-state index is -0.311. The average Bonchev–Trinajstić information content (AvgIpc) is 1.53. The lowest BCUT2D eigenvalue weighted by atomic mass is 9.80. The van der Waals surface area contributed by atoms with E-state index in [1.165, 1.54) is 115 Å². The van der Waals surface area contributed by atoms with Crippen LogP contribution in [0.5, 0.6) is 0 Å². The number of hydrogen-bond acceptors (Lipinski definition) is 10. The number of aromatic nitrogens is 12. The maximum absolute atomic E-state index is 6.33. The molecule has 0 radical (unpaired) electrons. The van der Waals surface area contributed by atoms with E-state index in [1.807, 2.05) is 55.0 Å². The van der Waals surface area contributed by atoms with Crippen molar-refractivity contribution >= 4 is 141 Å². The van der Waals surface area contributed by atoms with Crippen molar-refractivity contribution < 1.29 is 4.42 Å². The van der Waals surface area contributed by atoms with Crippen molar-refractivity contribution in [3.8, 4) is 96.6 Å². The van der Waals surface area contributed by atoms with Crippen LogP contribution in [-0.2, 0) is 16.2 Å². The van der Waals surface area contributed by atoms with Crippen LogP contribution in [0.15, 0.2) is 393 Å². The lowest BCUT2D eigenvalue weighted by Crippen LogP contribution is -2.17. The van der Waals surface area contributed by atoms with Crippen molar-refractivity contribution in [2.24, 2.45) is 0 Å². The molecule has 13 heteroatoms. The van der Waals surface area contributed by atoms with E-state index >= 15 is 0 Å². The Kier molecular flexibility index (Phi) is 16.9. The topological polar surface area (TPSA) is 144 Å². The third kappa shape index (κ3) is 11.3. The van der Waals surface area contributed by atoms with E-state index in [0.29, 0.717) is 17.8 Å². The van der Waals surface area contributed by atoms with E-state index in [-0.39, 0.29) is 16.2 Å². The SMILES string of the molecule is CC1(C)c2cccnc2-c2c1c1c(c3ccccc23)c2ccccc2n1-c1nc(-c2cccc3oc4ccccc4c23)c2ccccc2n1.CC1(C)c2cccnc2-c2c1c1c(c3ccccc23)c2ccccc2n1-c1nc(-c2ccccc2)c2ccccc2n1.CC1(C)c2cccnc2-c2c1c1c(c3ccccc23)c2ccccc2n1-c1nc(-c2ccccc2)cc(-c2ccccc2)n1. The Bertz CT molecular complexity index is 9500. The Hall–Kier alpha value is -17.3. The lowest BCUT2D eigenvalue weighted by Gasteiger charge is -2.24. The maximum atomic E-state index is 6.33. The van der Waals surface area contributed by atoms with Gasteiger partial charge in [-0.25, -0.2) is 29.9 Å². The summed E-state index contributed by atoms with van der Waals surface area (Å²) in [5.74, 6) is 1.98. The molecule has 0 N–H and O–H groups in total. The van der Waals surface area contributed by atoms with Crippen molar-refractivity contribution in [2.45, 2.75) is 57.8 Å². The highest BCUT2D eigenvalue weighted by atomic mass is 16.3. The minimum Gasteiger partial charge on any atom is -0.456 e. The number of hydrogen-bond donors (Lipinski definition) is 0. The predicted molar refractivity (Wildman–Crippen MR) is 552 cm³/mol. The molecule has 0 atom stereocenters. The molecule has 0 spiro atoms. The fourth-order valence-corrected chi connectivity index (χ4v) is 23.1. The summed E-state index contributed by atoms with van der Waals surface area (Å²) >= 11 is 0. The minimum absolute atomic E-state index is 0.271. The molecule has 3 aliphatic rings. The second kappa shape index (κ2) is 29.4. The first-order chi connectivity index (χ1) is 66.3. The van der Waals surface area contributed by atoms with Gasteiger partial charge in [-0.2, -0.15) is 0 Å². The summed E-state index contributed by atoms with van der Waals surface area (Å²) in [6.45, 7) is 14.0. The second-order valence-electron chi connectivity index (χ2n) is 37.3. The molecule has 10 heterocycles. The molecule has 0 fully saturated rings. The van der Waals surface area contributed by atoms with Crippen LogP contribution in [0.25, 0.3) is 238 Å². The molecule has 135 heavy (non-hydrogen) atoms. The van der Waals surface area contributed by atoms with Crippen LogP contribution in [0, 0.1) is 0 Å². The second-order valence-corrected chi connectivity index (χ2v) is 37.3. The summed E-state index contributed by atoms with van der Waals surface area (Å²) in [7, 11) is 0. The monoisotopic (exact) mass is 1730 g/mol. The van der Waals surface area contributed by atoms with Crippen LogP contribution in [-0.4, -0.2) is 58.6 Å². The van der Waals surface area contributed by atoms with Gasteiger partial charge in [0.25, 0.3) is 0 Å². The van der Waals surface area contributed by atoms with Gasteiger partial charge >= 0.3 is 0 Å². The van der Waals surface area contributed by atoms with Crippen molar-refractivity contribution in [2.75, 3.05) is 0 Å². The zero-order valence-electron chi connectivity index (χ0n) is 74.7. The molecule has 0 aliphatic heterocycles. The summed E-state index contributed by atoms with van der Waals surface area (Å²) in [5.41, 5.74) is 31.5. The summed E-state index contributed by atoms with van der Waals surface area (Å²) in [6.07, 6.45) is 5.74. The summed E-state index contributed by atoms with van der Waals surface area (Å²) < 4.78 is 13.3. The van der Waals surface area contributed by atoms with Gasteiger partial charge in [-0.05, 0) is 132 Å². The number of benzene rings is 16. The summed E-state index contributed by atoms with van der Waals surface area (Å²) in [4.78, 5) is 47.1. The van der Waals surface area contributed by atoms with Crippen LogP contribution in [0.3, 0.4) is 0 Å². The third-order valence-corrected chi connectivity index (χ3v) is 28.9. The Morgan fingerprint density at radius 2 is 0.548 bits per heavy atom. The van der Waals surface area contributed by atoms with Gasteiger partial charge in [-0.3, -0.25) is 28.7 Å². The lowest BCUT2D eigenvalue weighted by molar-refractivity contribution is 0.662. The molecule has 29 rings (SSSR count). The molecule has 636 valence electrons. The summed E-state index contributed by atoms with van der Waals surface area (Å²) in [5, 5.41) is 18.7. The highest BCUT2D eigenvalue weighted by Crippen LogP contribution is 2.60. The standard InChI is InChI=1S/C44H28N4O.C40H28N4.C38H26N4/c1-44(2)31-19-12-24-45-41(31)38-26-14-4-3-13-25(26)37-28-16-6-9-21-33(28)48(42(37)39(38)44)43-46-32-20-8-5-15-27(32)40(47-43)30-18-11-23-35-36(30)29-17-7-10-22-34(29)49-35;1-40(2)30-21-13-23-41-37(30)35-28-19-10-9-18-27(28)34-29-20-11-12-22-33(29)44(38(34)36(35)40)39-42-31(25-14-5-3-6-15-25)24-32(43-39)26-16-7-4-8-17-26;1-38(2)28-19-12-22-39-35(28)32-25-16-7-6-15-24(25)31-27-18-9-11-21-30(27)42(36(31)33(32)38)37-40-29-20-10-8-17-26(29)34(41-37)23-13-4-3-5-14-23/h3-24H,1-2H3;3-24H,1-2H3;3-22H,1-2H3. The first-order valence-electron chi connectivity index (χ1n) is 46.2. The molecule has 13 nitrogen and oxygen atoms in total. The fourth-order valence-electron chi connectivity index (χ4n) is 23.1. The fraction of sp³-hybridized carbons (Fsp3) is 0.0738. The van der Waals surface area contributed by atoms with Crippen molar-refractivity contribution in [1.82, 2.24) is 58.6 Å². The van der Waals surface area contributed by atoms with E-state index < -0.39 is 0 Å². The van der Waals surface area contributed by atoms with Crippen LogP contribution in [0.4, 0.5) is 0 Å². The molecule has 26 aromatic rings. The predicted octanol–water partition coefficient (Wildman–Crippen LogP) is 30.2. The normalized spacial score (nSPS) is 13.6. The zero-order valence-corrected chi connectivity index (χ0v) is 74.7. The van der Waals surface area contributed by atoms with Crippen molar-refractivity contribution in [1.29, 1.82) is 0 Å². The molecule has 0 saturated carbocycles. The van der Waals surface area contributed by atoms with Crippen LogP contribution < -0.4 is 0 Å². The number of furan rings is 1. The molecular formula is C122H82N12O. The Morgan fingerprint density at radius 3 is 0.963 bits per heavy atom. The molecule has 3 aliphatic carbocycles. The quantitative estimate of drug-likeness (QED) is 0.151. The highest BCUT2D eigenvalue weighted by molar-refractivity contribution is 6.30. The van der Waals surface area contributed by atoms with Gasteiger partial charge in [0.15, 0.2) is 0 Å². The molecule has 0 bridgehead atoms. The average molecular weight is 1730 g/mol. The smallest absolute Gasteiger partial charge is 0.235 e. The van der Waals surface area contributed by atoms with Gasteiger partial charge in [0.2, 0.25) is 17.8 Å². The molecule has 0 amide bonds. The number of pyridine rings is 3. The molecule has 0 saturated heterocycles. The Balaban J connectivity index is 0.000000103. The zero-order chi connectivity index (χ0) is 89.8. The van der Waals surface area contributed by atoms with Crippen LogP contribution >= 0.6 is 0 Å². The largest absolute Gasteiger partial charge is 0.456 e. The number of rotatable bonds is 7. The van der Waals surface area contributed by atoms with E-state index in [4.69, 9.17) is 49.3 Å². The highest BCUT2D eigenvalue weighted by Gasteiger charge is 2.45. The Morgan fingerprint density at radius 1 is 0.230 bits per heavy atom. The van der Waals surface area contributed by atoms with Crippen molar-refractivity contribution in [3.05, 3.63) is 422 Å². The van der Waals surface area contributed by atoms with Crippen molar-refractivity contribution in [3.63, 3.8) is 0 Å². The van der Waals surface area contributed by atoms with Gasteiger partial charge < -0.3 is 4.42 Å². The Labute approximate surface area is 775 Å². The summed E-state index contributed by atoms with van der Waals surface area (Å²) in [6, 6.07) is 130. The van der Waals surface area contributed by atoms with Gasteiger partial charge in [0, 0.05) is 128 Å². The molecule has 10 aromatic heterocycles. The third-order valence-electron chi connectivity index (χ3n) is 28.9. The van der Waals surface area contributed by atoms with Gasteiger partial charge in [0.1, 0.15) is 11.2 Å². The van der Waals surface area contributed by atoms with Gasteiger partial charge in [-0.1, -0.05) is 345 Å². The van der Waals surface area contributed by atoms with E-state index in [2.05, 4.69) is 389 Å². The molecule has 16 aromatic carbocycles. The molecular weight excluding hydrogens is 1650 g/mol. The first-order valence-corrected chi connectivity index (χ1v) is 46.2. The molecule has 0 unspecified atom stereocenters. The van der Waals surface area contributed by atoms with Gasteiger partial charge in [0.05, 0.1) is 84.0 Å². The van der Waals surface area contributed by atoms with E-state index in [0.717, 1.165) is 139 Å². The van der Waals surface area contributed by atoms with E-state index in [9.17, 15) is 0 Å². The maximum Gasteiger partial charge on any atom is 0.235 e. The van der Waals surface area contributed by atoms with Gasteiger partial charge in [-0.15, -0.1) is 0 Å². The van der Waals surface area contributed by atoms with Crippen LogP contribution in [0.1, 0.15) is 74.9 Å². The number of nitrogens with zero attached hydrogens (tertiary/aromatic N) is 12. The van der Waals surface area contributed by atoms with E-state index in [1.54, 1.807) is 0 Å². The first kappa shape index (κ1) is 77.6. The number of fused-ring (bicyclic) bond motifs is 35. The number of para-hydroxylation sites is 6. The van der Waals surface area contributed by atoms with Crippen LogP contribution in [0.2, 0.25) is 0 Å².